The number of hydrogen-bond donors (Lipinski definition) is 0. The zero-order valence-electron chi connectivity index (χ0n) is 14.8. The highest BCUT2D eigenvalue weighted by Crippen LogP contribution is 2.56. The average Bonchev–Trinajstić information content (AvgIpc) is 3.45. The van der Waals surface area contributed by atoms with E-state index >= 15 is 0 Å². The number of pyridine rings is 1. The Morgan fingerprint density at radius 1 is 1.14 bits per heavy atom. The minimum absolute atomic E-state index is 0.0463. The van der Waals surface area contributed by atoms with Crippen LogP contribution in [0.5, 0.6) is 5.75 Å². The van der Waals surface area contributed by atoms with Gasteiger partial charge in [0.25, 0.3) is 5.56 Å². The van der Waals surface area contributed by atoms with Crippen LogP contribution < -0.4 is 13.9 Å². The fourth-order valence-corrected chi connectivity index (χ4v) is 5.19. The number of hydrogen-bond acceptors (Lipinski definition) is 2. The van der Waals surface area contributed by atoms with E-state index in [9.17, 15) is 18.0 Å². The van der Waals surface area contributed by atoms with Gasteiger partial charge in [-0.1, -0.05) is 30.3 Å². The molecule has 0 radical (unpaired) electrons. The summed E-state index contributed by atoms with van der Waals surface area (Å²) in [6.45, 7) is 0. The molecule has 3 nitrogen and oxygen atoms in total. The van der Waals surface area contributed by atoms with Gasteiger partial charge in [0.2, 0.25) is 0 Å². The number of nitrogens with zero attached hydrogens (tertiary/aromatic N) is 1. The molecule has 0 bridgehead atoms. The summed E-state index contributed by atoms with van der Waals surface area (Å²) in [7, 11) is 4.08. The van der Waals surface area contributed by atoms with Gasteiger partial charge in [0.15, 0.2) is 23.0 Å². The molecule has 1 atom stereocenters. The van der Waals surface area contributed by atoms with Crippen LogP contribution in [0.15, 0.2) is 47.3 Å². The summed E-state index contributed by atoms with van der Waals surface area (Å²) in [6.07, 6.45) is -3.68. The molecule has 146 valence electrons. The third kappa shape index (κ3) is 2.86. The zero-order chi connectivity index (χ0) is 20.3. The van der Waals surface area contributed by atoms with Gasteiger partial charge < -0.3 is 7.63 Å². The Kier molecular flexibility index (Phi) is 4.74. The van der Waals surface area contributed by atoms with Gasteiger partial charge in [-0.25, -0.2) is 0 Å². The Morgan fingerprint density at radius 3 is 2.43 bits per heavy atom. The maximum Gasteiger partial charge on any atom is 0.417 e. The van der Waals surface area contributed by atoms with Crippen LogP contribution >= 0.6 is 32.2 Å². The van der Waals surface area contributed by atoms with Crippen LogP contribution in [0.4, 0.5) is 13.2 Å². The van der Waals surface area contributed by atoms with E-state index in [0.717, 1.165) is 0 Å². The lowest BCUT2D eigenvalue weighted by molar-refractivity contribution is -0.137. The standard InChI is InChI=1S/C20H16F3INO2P/c1-25-13-7-3-2-5-11(13)15(20(21,22)23)16(18(25)26)19(9-10-19)12-6-4-8-14(27-24)17(12)28/h2-8H,9-10,28H2,1H3. The van der Waals surface area contributed by atoms with Gasteiger partial charge in [0, 0.05) is 28.7 Å². The van der Waals surface area contributed by atoms with Gasteiger partial charge in [0.1, 0.15) is 5.75 Å². The normalized spacial score (nSPS) is 15.6. The smallest absolute Gasteiger partial charge is 0.417 e. The van der Waals surface area contributed by atoms with Crippen molar-refractivity contribution in [1.29, 1.82) is 0 Å². The number of aryl methyl sites for hydroxylation is 1. The summed E-state index contributed by atoms with van der Waals surface area (Å²) in [5.41, 5.74) is -1.61. The molecule has 1 aliphatic carbocycles. The number of halogens is 4. The van der Waals surface area contributed by atoms with Gasteiger partial charge >= 0.3 is 6.18 Å². The third-order valence-electron chi connectivity index (χ3n) is 5.48. The van der Waals surface area contributed by atoms with E-state index in [4.69, 9.17) is 3.07 Å². The lowest BCUT2D eigenvalue weighted by Crippen LogP contribution is -2.34. The Bertz CT molecular complexity index is 1150. The van der Waals surface area contributed by atoms with Crippen molar-refractivity contribution in [3.05, 3.63) is 69.5 Å². The first-order valence-corrected chi connectivity index (χ1v) is 10.0. The van der Waals surface area contributed by atoms with Crippen LogP contribution in [0.2, 0.25) is 0 Å². The van der Waals surface area contributed by atoms with Crippen molar-refractivity contribution in [2.45, 2.75) is 24.4 Å². The third-order valence-corrected chi connectivity index (χ3v) is 6.55. The number of rotatable bonds is 3. The van der Waals surface area contributed by atoms with Crippen molar-refractivity contribution in [1.82, 2.24) is 4.57 Å². The first-order valence-electron chi connectivity index (χ1n) is 8.59. The number of fused-ring (bicyclic) bond motifs is 1. The summed E-state index contributed by atoms with van der Waals surface area (Å²) >= 11 is 1.74. The van der Waals surface area contributed by atoms with Crippen molar-refractivity contribution >= 4 is 48.5 Å². The quantitative estimate of drug-likeness (QED) is 0.367. The molecular weight excluding hydrogens is 501 g/mol. The van der Waals surface area contributed by atoms with Gasteiger partial charge in [-0.15, -0.1) is 9.24 Å². The molecule has 4 rings (SSSR count). The molecule has 0 amide bonds. The Balaban J connectivity index is 2.13. The van der Waals surface area contributed by atoms with Gasteiger partial charge in [-0.2, -0.15) is 13.2 Å². The molecule has 0 aliphatic heterocycles. The first-order chi connectivity index (χ1) is 13.2. The molecule has 0 saturated heterocycles. The molecule has 1 fully saturated rings. The topological polar surface area (TPSA) is 31.2 Å². The molecule has 0 N–H and O–H groups in total. The molecule has 1 unspecified atom stereocenters. The van der Waals surface area contributed by atoms with Gasteiger partial charge in [-0.05, 0) is 30.5 Å². The molecule has 3 aromatic rings. The lowest BCUT2D eigenvalue weighted by atomic mass is 9.84. The minimum atomic E-state index is -4.64. The first kappa shape index (κ1) is 19.7. The van der Waals surface area contributed by atoms with E-state index < -0.39 is 22.7 Å². The van der Waals surface area contributed by atoms with Crippen LogP contribution in [-0.2, 0) is 18.6 Å². The average molecular weight is 517 g/mol. The highest BCUT2D eigenvalue weighted by Gasteiger charge is 2.54. The molecule has 0 spiro atoms. The molecular formula is C20H16F3INO2P. The summed E-state index contributed by atoms with van der Waals surface area (Å²) in [5.74, 6) is 0.556. The van der Waals surface area contributed by atoms with Crippen LogP contribution in [0, 0.1) is 0 Å². The number of benzene rings is 2. The predicted octanol–water partition coefficient (Wildman–Crippen LogP) is 4.87. The molecule has 1 saturated carbocycles. The van der Waals surface area contributed by atoms with E-state index in [1.165, 1.54) is 17.7 Å². The molecule has 2 aromatic carbocycles. The highest BCUT2D eigenvalue weighted by molar-refractivity contribution is 14.1. The van der Waals surface area contributed by atoms with Crippen molar-refractivity contribution < 1.29 is 16.2 Å². The van der Waals surface area contributed by atoms with Crippen LogP contribution in [0.25, 0.3) is 10.9 Å². The van der Waals surface area contributed by atoms with Gasteiger partial charge in [-0.3, -0.25) is 4.79 Å². The predicted molar refractivity (Wildman–Crippen MR) is 115 cm³/mol. The summed E-state index contributed by atoms with van der Waals surface area (Å²) in [6, 6.07) is 11.5. The highest BCUT2D eigenvalue weighted by atomic mass is 127. The lowest BCUT2D eigenvalue weighted by Gasteiger charge is -2.25. The second-order valence-corrected chi connectivity index (χ2v) is 8.02. The van der Waals surface area contributed by atoms with Crippen molar-refractivity contribution in [3.8, 4) is 5.75 Å². The van der Waals surface area contributed by atoms with Crippen molar-refractivity contribution in [3.63, 3.8) is 0 Å². The fourth-order valence-electron chi connectivity index (χ4n) is 4.04. The van der Waals surface area contributed by atoms with E-state index in [-0.39, 0.29) is 16.5 Å². The fraction of sp³-hybridized carbons (Fsp3) is 0.250. The zero-order valence-corrected chi connectivity index (χ0v) is 18.1. The number of para-hydroxylation sites is 1. The van der Waals surface area contributed by atoms with Crippen LogP contribution in [-0.4, -0.2) is 4.57 Å². The summed E-state index contributed by atoms with van der Waals surface area (Å²) in [5, 5.41) is 0.725. The second kappa shape index (κ2) is 6.73. The maximum atomic E-state index is 14.2. The maximum absolute atomic E-state index is 14.2. The number of alkyl halides is 3. The molecule has 8 heteroatoms. The largest absolute Gasteiger partial charge is 0.427 e. The van der Waals surface area contributed by atoms with Crippen LogP contribution in [0.3, 0.4) is 0 Å². The monoisotopic (exact) mass is 517 g/mol. The summed E-state index contributed by atoms with van der Waals surface area (Å²) in [4.78, 5) is 13.2. The van der Waals surface area contributed by atoms with Crippen LogP contribution in [0.1, 0.15) is 29.5 Å². The number of aromatic nitrogens is 1. The molecule has 1 aromatic heterocycles. The van der Waals surface area contributed by atoms with E-state index in [0.29, 0.717) is 29.5 Å². The SMILES string of the molecule is Cn1c(=O)c(C2(c3cccc(OI)c3P)CC2)c(C(F)(F)F)c2ccccc21. The van der Waals surface area contributed by atoms with Crippen molar-refractivity contribution in [2.75, 3.05) is 0 Å². The molecule has 1 heterocycles. The van der Waals surface area contributed by atoms with E-state index in [1.54, 1.807) is 59.4 Å². The Hall–Kier alpha value is -1.60. The van der Waals surface area contributed by atoms with E-state index in [1.807, 2.05) is 0 Å². The Labute approximate surface area is 175 Å². The van der Waals surface area contributed by atoms with Crippen molar-refractivity contribution in [2.24, 2.45) is 7.05 Å². The molecule has 1 aliphatic rings. The summed E-state index contributed by atoms with van der Waals surface area (Å²) < 4.78 is 49.3. The second-order valence-electron chi connectivity index (χ2n) is 7.01. The van der Waals surface area contributed by atoms with E-state index in [2.05, 4.69) is 9.24 Å². The van der Waals surface area contributed by atoms with Gasteiger partial charge in [0.05, 0.1) is 11.1 Å². The molecule has 28 heavy (non-hydrogen) atoms. The Morgan fingerprint density at radius 2 is 1.82 bits per heavy atom. The minimum Gasteiger partial charge on any atom is -0.427 e.